The summed E-state index contributed by atoms with van der Waals surface area (Å²) in [5, 5.41) is 12.1. The first kappa shape index (κ1) is 18.5. The zero-order valence-corrected chi connectivity index (χ0v) is 14.8. The van der Waals surface area contributed by atoms with Crippen molar-refractivity contribution in [2.45, 2.75) is 6.61 Å². The summed E-state index contributed by atoms with van der Waals surface area (Å²) in [5.41, 5.74) is 0.848. The van der Waals surface area contributed by atoms with Gasteiger partial charge in [0, 0.05) is 6.54 Å². The van der Waals surface area contributed by atoms with Gasteiger partial charge in [0.2, 0.25) is 0 Å². The monoisotopic (exact) mass is 372 g/mol. The third kappa shape index (κ3) is 4.12. The van der Waals surface area contributed by atoms with Crippen LogP contribution in [0.1, 0.15) is 5.76 Å². The molecule has 0 bridgehead atoms. The van der Waals surface area contributed by atoms with Gasteiger partial charge < -0.3 is 29.2 Å². The van der Waals surface area contributed by atoms with Gasteiger partial charge in [-0.3, -0.25) is 4.79 Å². The Morgan fingerprint density at radius 2 is 2.11 bits per heavy atom. The van der Waals surface area contributed by atoms with Crippen LogP contribution in [0.5, 0.6) is 5.75 Å². The van der Waals surface area contributed by atoms with Crippen molar-refractivity contribution in [2.24, 2.45) is 0 Å². The summed E-state index contributed by atoms with van der Waals surface area (Å²) in [6, 6.07) is 10.6. The van der Waals surface area contributed by atoms with Crippen molar-refractivity contribution in [1.29, 1.82) is 0 Å². The molecule has 0 unspecified atom stereocenters. The van der Waals surface area contributed by atoms with Gasteiger partial charge in [-0.25, -0.2) is 4.79 Å². The van der Waals surface area contributed by atoms with E-state index in [-0.39, 0.29) is 43.5 Å². The highest BCUT2D eigenvalue weighted by atomic mass is 16.5. The lowest BCUT2D eigenvalue weighted by molar-refractivity contribution is -0.136. The largest absolute Gasteiger partial charge is 0.483 e. The Morgan fingerprint density at radius 3 is 2.81 bits per heavy atom. The molecule has 27 heavy (non-hydrogen) atoms. The second-order valence-corrected chi connectivity index (χ2v) is 5.78. The highest BCUT2D eigenvalue weighted by molar-refractivity contribution is 6.08. The number of hydrogen-bond donors (Lipinski definition) is 2. The van der Waals surface area contributed by atoms with Crippen molar-refractivity contribution in [3.8, 4) is 5.75 Å². The third-order valence-corrected chi connectivity index (χ3v) is 4.05. The second kappa shape index (κ2) is 8.41. The summed E-state index contributed by atoms with van der Waals surface area (Å²) in [6.45, 7) is 0.223. The SMILES string of the molecule is COC(=O)C1=C(Nc2ccccc2OCc2ccco2)C(=O)N(CCO)C1. The molecule has 0 spiro atoms. The van der Waals surface area contributed by atoms with E-state index in [4.69, 9.17) is 19.0 Å². The van der Waals surface area contributed by atoms with Crippen molar-refractivity contribution >= 4 is 17.6 Å². The first-order valence-corrected chi connectivity index (χ1v) is 8.37. The Hall–Kier alpha value is -3.26. The third-order valence-electron chi connectivity index (χ3n) is 4.05. The molecule has 1 aromatic heterocycles. The zero-order valence-electron chi connectivity index (χ0n) is 14.8. The molecule has 0 atom stereocenters. The van der Waals surface area contributed by atoms with Crippen LogP contribution < -0.4 is 10.1 Å². The Labute approximate surface area is 156 Å². The molecule has 1 aromatic carbocycles. The molecule has 0 aliphatic carbocycles. The van der Waals surface area contributed by atoms with E-state index in [1.165, 1.54) is 12.0 Å². The Morgan fingerprint density at radius 1 is 1.30 bits per heavy atom. The molecule has 2 heterocycles. The van der Waals surface area contributed by atoms with Crippen molar-refractivity contribution < 1.29 is 28.6 Å². The second-order valence-electron chi connectivity index (χ2n) is 5.78. The van der Waals surface area contributed by atoms with Gasteiger partial charge >= 0.3 is 5.97 Å². The van der Waals surface area contributed by atoms with Crippen LogP contribution in [-0.4, -0.2) is 48.7 Å². The number of hydrogen-bond acceptors (Lipinski definition) is 7. The molecule has 0 fully saturated rings. The highest BCUT2D eigenvalue weighted by Gasteiger charge is 2.34. The molecule has 2 aromatic rings. The number of nitrogens with one attached hydrogen (secondary N) is 1. The number of carbonyl (C=O) groups is 2. The summed E-state index contributed by atoms with van der Waals surface area (Å²) in [4.78, 5) is 26.1. The van der Waals surface area contributed by atoms with Crippen LogP contribution in [0.4, 0.5) is 5.69 Å². The number of benzene rings is 1. The lowest BCUT2D eigenvalue weighted by atomic mass is 10.2. The number of nitrogens with zero attached hydrogens (tertiary/aromatic N) is 1. The van der Waals surface area contributed by atoms with Crippen LogP contribution >= 0.6 is 0 Å². The van der Waals surface area contributed by atoms with E-state index >= 15 is 0 Å². The zero-order chi connectivity index (χ0) is 19.2. The fourth-order valence-corrected chi connectivity index (χ4v) is 2.72. The molecule has 1 aliphatic rings. The van der Waals surface area contributed by atoms with Gasteiger partial charge in [-0.1, -0.05) is 12.1 Å². The van der Waals surface area contributed by atoms with E-state index in [1.807, 2.05) is 0 Å². The Balaban J connectivity index is 1.83. The van der Waals surface area contributed by atoms with Gasteiger partial charge in [-0.05, 0) is 24.3 Å². The molecule has 2 N–H and O–H groups in total. The minimum absolute atomic E-state index is 0.0732. The van der Waals surface area contributed by atoms with Crippen LogP contribution in [0.3, 0.4) is 0 Å². The van der Waals surface area contributed by atoms with Gasteiger partial charge in [0.25, 0.3) is 5.91 Å². The fourth-order valence-electron chi connectivity index (χ4n) is 2.72. The van der Waals surface area contributed by atoms with Gasteiger partial charge in [-0.15, -0.1) is 0 Å². The highest BCUT2D eigenvalue weighted by Crippen LogP contribution is 2.29. The van der Waals surface area contributed by atoms with Gasteiger partial charge in [-0.2, -0.15) is 0 Å². The quantitative estimate of drug-likeness (QED) is 0.678. The molecule has 0 saturated heterocycles. The van der Waals surface area contributed by atoms with Crippen molar-refractivity contribution in [3.05, 3.63) is 59.7 Å². The van der Waals surface area contributed by atoms with E-state index in [0.717, 1.165) is 0 Å². The van der Waals surface area contributed by atoms with E-state index in [9.17, 15) is 9.59 Å². The molecular formula is C19H20N2O6. The summed E-state index contributed by atoms with van der Waals surface area (Å²) < 4.78 is 15.8. The normalized spacial score (nSPS) is 13.9. The smallest absolute Gasteiger partial charge is 0.337 e. The molecule has 1 aliphatic heterocycles. The number of para-hydroxylation sites is 2. The molecule has 8 heteroatoms. The van der Waals surface area contributed by atoms with Crippen molar-refractivity contribution in [2.75, 3.05) is 32.1 Å². The number of esters is 1. The standard InChI is InChI=1S/C19H20N2O6/c1-25-19(24)14-11-21(8-9-22)18(23)17(14)20-15-6-2-3-7-16(15)27-12-13-5-4-10-26-13/h2-7,10,20,22H,8-9,11-12H2,1H3. The molecule has 142 valence electrons. The van der Waals surface area contributed by atoms with E-state index in [2.05, 4.69) is 5.32 Å². The average molecular weight is 372 g/mol. The molecule has 1 amide bonds. The minimum Gasteiger partial charge on any atom is -0.483 e. The van der Waals surface area contributed by atoms with E-state index in [0.29, 0.717) is 17.2 Å². The number of amides is 1. The number of β-amino-alcohol motifs (C(OH)–C–C–N with tert-alkyl or cyclic N) is 1. The maximum Gasteiger partial charge on any atom is 0.337 e. The average Bonchev–Trinajstić information content (AvgIpc) is 3.31. The fraction of sp³-hybridized carbons (Fsp3) is 0.263. The van der Waals surface area contributed by atoms with Gasteiger partial charge in [0.1, 0.15) is 23.8 Å². The maximum atomic E-state index is 12.6. The number of ether oxygens (including phenoxy) is 2. The van der Waals surface area contributed by atoms with Crippen LogP contribution in [-0.2, 0) is 20.9 Å². The molecule has 8 nitrogen and oxygen atoms in total. The Kier molecular flexibility index (Phi) is 5.77. The number of aliphatic hydroxyl groups excluding tert-OH is 1. The lowest BCUT2D eigenvalue weighted by Crippen LogP contribution is -2.31. The number of aliphatic hydroxyl groups is 1. The van der Waals surface area contributed by atoms with Gasteiger partial charge in [0.05, 0.1) is 37.8 Å². The van der Waals surface area contributed by atoms with Crippen LogP contribution in [0.15, 0.2) is 58.3 Å². The van der Waals surface area contributed by atoms with Gasteiger partial charge in [0.15, 0.2) is 0 Å². The minimum atomic E-state index is -0.597. The van der Waals surface area contributed by atoms with Crippen LogP contribution in [0, 0.1) is 0 Å². The first-order chi connectivity index (χ1) is 13.1. The van der Waals surface area contributed by atoms with Crippen molar-refractivity contribution in [3.63, 3.8) is 0 Å². The van der Waals surface area contributed by atoms with Crippen LogP contribution in [0.2, 0.25) is 0 Å². The van der Waals surface area contributed by atoms with Crippen LogP contribution in [0.25, 0.3) is 0 Å². The topological polar surface area (TPSA) is 101 Å². The molecular weight excluding hydrogens is 352 g/mol. The first-order valence-electron chi connectivity index (χ1n) is 8.37. The molecule has 0 radical (unpaired) electrons. The molecule has 0 saturated carbocycles. The summed E-state index contributed by atoms with van der Waals surface area (Å²) in [5.74, 6) is 0.176. The number of methoxy groups -OCH3 is 1. The molecule has 3 rings (SSSR count). The predicted octanol–water partition coefficient (Wildman–Crippen LogP) is 1.53. The van der Waals surface area contributed by atoms with E-state index in [1.54, 1.807) is 42.7 Å². The number of rotatable bonds is 8. The number of anilines is 1. The summed E-state index contributed by atoms with van der Waals surface area (Å²) >= 11 is 0. The Bertz CT molecular complexity index is 844. The number of furan rings is 1. The lowest BCUT2D eigenvalue weighted by Gasteiger charge is -2.16. The maximum absolute atomic E-state index is 12.6. The number of carbonyl (C=O) groups excluding carboxylic acids is 2. The summed E-state index contributed by atoms with van der Waals surface area (Å²) in [7, 11) is 1.26. The van der Waals surface area contributed by atoms with Crippen molar-refractivity contribution in [1.82, 2.24) is 4.90 Å². The summed E-state index contributed by atoms with van der Waals surface area (Å²) in [6.07, 6.45) is 1.56. The van der Waals surface area contributed by atoms with E-state index < -0.39 is 5.97 Å². The predicted molar refractivity (Wildman–Crippen MR) is 95.8 cm³/mol.